The third-order valence-electron chi connectivity index (χ3n) is 3.18. The van der Waals surface area contributed by atoms with Crippen molar-refractivity contribution in [3.8, 4) is 0 Å². The highest BCUT2D eigenvalue weighted by molar-refractivity contribution is 5.95. The molecule has 0 aliphatic carbocycles. The second-order valence-electron chi connectivity index (χ2n) is 4.67. The Labute approximate surface area is 124 Å². The molecular weight excluding hydrogens is 264 g/mol. The van der Waals surface area contributed by atoms with Crippen LogP contribution in [-0.4, -0.2) is 12.5 Å². The van der Waals surface area contributed by atoms with E-state index < -0.39 is 6.04 Å². The van der Waals surface area contributed by atoms with Gasteiger partial charge in [-0.3, -0.25) is 4.79 Å². The highest BCUT2D eigenvalue weighted by Crippen LogP contribution is 2.18. The Bertz CT molecular complexity index is 584. The molecule has 0 saturated carbocycles. The molecule has 0 fully saturated rings. The van der Waals surface area contributed by atoms with Crippen LogP contribution in [0.2, 0.25) is 0 Å². The first-order valence-corrected chi connectivity index (χ1v) is 6.99. The van der Waals surface area contributed by atoms with E-state index >= 15 is 0 Å². The second kappa shape index (κ2) is 7.57. The van der Waals surface area contributed by atoms with E-state index in [1.54, 1.807) is 0 Å². The fourth-order valence-corrected chi connectivity index (χ4v) is 2.00. The molecule has 21 heavy (non-hydrogen) atoms. The summed E-state index contributed by atoms with van der Waals surface area (Å²) in [6.45, 7) is 3.03. The van der Waals surface area contributed by atoms with E-state index in [-0.39, 0.29) is 5.91 Å². The van der Waals surface area contributed by atoms with E-state index in [1.807, 2.05) is 61.5 Å². The molecule has 2 aromatic carbocycles. The fraction of sp³-hybridized carbons (Fsp3) is 0.235. The number of anilines is 1. The van der Waals surface area contributed by atoms with Crippen molar-refractivity contribution in [1.29, 1.82) is 0 Å². The first-order valence-electron chi connectivity index (χ1n) is 6.99. The minimum absolute atomic E-state index is 0.231. The van der Waals surface area contributed by atoms with Gasteiger partial charge in [-0.15, -0.1) is 0 Å². The summed E-state index contributed by atoms with van der Waals surface area (Å²) in [4.78, 5) is 12.3. The van der Waals surface area contributed by atoms with Crippen LogP contribution < -0.4 is 11.1 Å². The van der Waals surface area contributed by atoms with Gasteiger partial charge in [0.2, 0.25) is 5.91 Å². The third kappa shape index (κ3) is 4.15. The van der Waals surface area contributed by atoms with Crippen molar-refractivity contribution in [2.75, 3.05) is 11.9 Å². The van der Waals surface area contributed by atoms with Gasteiger partial charge < -0.3 is 15.8 Å². The number of nitrogens with one attached hydrogen (secondary N) is 1. The molecule has 0 heterocycles. The molecule has 1 amide bonds. The van der Waals surface area contributed by atoms with E-state index in [0.29, 0.717) is 13.2 Å². The Morgan fingerprint density at radius 1 is 1.14 bits per heavy atom. The van der Waals surface area contributed by atoms with Crippen LogP contribution in [-0.2, 0) is 16.1 Å². The van der Waals surface area contributed by atoms with Gasteiger partial charge in [-0.1, -0.05) is 48.5 Å². The van der Waals surface area contributed by atoms with Crippen LogP contribution >= 0.6 is 0 Å². The summed E-state index contributed by atoms with van der Waals surface area (Å²) in [5.74, 6) is -0.231. The lowest BCUT2D eigenvalue weighted by Crippen LogP contribution is -2.28. The Morgan fingerprint density at radius 3 is 2.52 bits per heavy atom. The average molecular weight is 284 g/mol. The normalized spacial score (nSPS) is 11.9. The zero-order chi connectivity index (χ0) is 15.1. The number of hydrogen-bond donors (Lipinski definition) is 2. The van der Waals surface area contributed by atoms with Crippen molar-refractivity contribution in [3.63, 3.8) is 0 Å². The molecule has 2 aromatic rings. The van der Waals surface area contributed by atoms with Gasteiger partial charge in [0.05, 0.1) is 6.61 Å². The quantitative estimate of drug-likeness (QED) is 0.857. The maximum absolute atomic E-state index is 12.3. The molecule has 110 valence electrons. The number of nitrogens with two attached hydrogens (primary N) is 1. The predicted molar refractivity (Wildman–Crippen MR) is 83.8 cm³/mol. The molecule has 0 spiro atoms. The maximum Gasteiger partial charge on any atom is 0.245 e. The minimum atomic E-state index is -0.689. The molecule has 4 heteroatoms. The molecule has 0 bridgehead atoms. The number of amides is 1. The minimum Gasteiger partial charge on any atom is -0.377 e. The molecule has 0 aliphatic heterocycles. The predicted octanol–water partition coefficient (Wildman–Crippen LogP) is 2.86. The highest BCUT2D eigenvalue weighted by atomic mass is 16.5. The standard InChI is InChI=1S/C17H20N2O2/c1-2-21-12-14-10-6-7-11-15(14)19-17(20)16(18)13-8-4-3-5-9-13/h3-11,16H,2,12,18H2,1H3,(H,19,20). The van der Waals surface area contributed by atoms with E-state index in [1.165, 1.54) is 0 Å². The lowest BCUT2D eigenvalue weighted by molar-refractivity contribution is -0.117. The maximum atomic E-state index is 12.3. The molecule has 0 aliphatic rings. The smallest absolute Gasteiger partial charge is 0.245 e. The zero-order valence-electron chi connectivity index (χ0n) is 12.1. The van der Waals surface area contributed by atoms with Crippen LogP contribution in [0.5, 0.6) is 0 Å². The SMILES string of the molecule is CCOCc1ccccc1NC(=O)C(N)c1ccccc1. The van der Waals surface area contributed by atoms with Crippen molar-refractivity contribution in [1.82, 2.24) is 0 Å². The molecule has 0 saturated heterocycles. The van der Waals surface area contributed by atoms with E-state index in [0.717, 1.165) is 16.8 Å². The van der Waals surface area contributed by atoms with Crippen LogP contribution in [0.1, 0.15) is 24.1 Å². The molecule has 1 unspecified atom stereocenters. The van der Waals surface area contributed by atoms with Crippen molar-refractivity contribution >= 4 is 11.6 Å². The summed E-state index contributed by atoms with van der Waals surface area (Å²) in [5.41, 5.74) is 8.46. The number of benzene rings is 2. The summed E-state index contributed by atoms with van der Waals surface area (Å²) in [6.07, 6.45) is 0. The summed E-state index contributed by atoms with van der Waals surface area (Å²) < 4.78 is 5.40. The first kappa shape index (κ1) is 15.2. The molecule has 1 atom stereocenters. The lowest BCUT2D eigenvalue weighted by Gasteiger charge is -2.15. The highest BCUT2D eigenvalue weighted by Gasteiger charge is 2.16. The zero-order valence-corrected chi connectivity index (χ0v) is 12.1. The number of ether oxygens (including phenoxy) is 1. The average Bonchev–Trinajstić information content (AvgIpc) is 2.54. The van der Waals surface area contributed by atoms with Gasteiger partial charge in [-0.05, 0) is 18.6 Å². The van der Waals surface area contributed by atoms with E-state index in [9.17, 15) is 4.79 Å². The van der Waals surface area contributed by atoms with Gasteiger partial charge in [0.1, 0.15) is 6.04 Å². The number of rotatable bonds is 6. The number of para-hydroxylation sites is 1. The van der Waals surface area contributed by atoms with Crippen LogP contribution in [0, 0.1) is 0 Å². The molecule has 4 nitrogen and oxygen atoms in total. The summed E-state index contributed by atoms with van der Waals surface area (Å²) in [7, 11) is 0. The van der Waals surface area contributed by atoms with Crippen molar-refractivity contribution in [2.45, 2.75) is 19.6 Å². The first-order chi connectivity index (χ1) is 10.2. The summed E-state index contributed by atoms with van der Waals surface area (Å²) >= 11 is 0. The Morgan fingerprint density at radius 2 is 1.81 bits per heavy atom. The van der Waals surface area contributed by atoms with Crippen LogP contribution in [0.15, 0.2) is 54.6 Å². The van der Waals surface area contributed by atoms with E-state index in [4.69, 9.17) is 10.5 Å². The van der Waals surface area contributed by atoms with Crippen molar-refractivity contribution < 1.29 is 9.53 Å². The molecule has 3 N–H and O–H groups in total. The Kier molecular flexibility index (Phi) is 5.49. The van der Waals surface area contributed by atoms with Gasteiger partial charge in [-0.25, -0.2) is 0 Å². The van der Waals surface area contributed by atoms with Crippen LogP contribution in [0.25, 0.3) is 0 Å². The van der Waals surface area contributed by atoms with Gasteiger partial charge in [0, 0.05) is 17.9 Å². The molecule has 0 aromatic heterocycles. The molecular formula is C17H20N2O2. The topological polar surface area (TPSA) is 64.3 Å². The Hall–Kier alpha value is -2.17. The van der Waals surface area contributed by atoms with Gasteiger partial charge in [0.25, 0.3) is 0 Å². The molecule has 0 radical (unpaired) electrons. The van der Waals surface area contributed by atoms with Gasteiger partial charge >= 0.3 is 0 Å². The molecule has 2 rings (SSSR count). The van der Waals surface area contributed by atoms with Crippen molar-refractivity contribution in [3.05, 3.63) is 65.7 Å². The fourth-order valence-electron chi connectivity index (χ4n) is 2.00. The second-order valence-corrected chi connectivity index (χ2v) is 4.67. The van der Waals surface area contributed by atoms with Crippen LogP contribution in [0.4, 0.5) is 5.69 Å². The van der Waals surface area contributed by atoms with Crippen LogP contribution in [0.3, 0.4) is 0 Å². The van der Waals surface area contributed by atoms with Gasteiger partial charge in [0.15, 0.2) is 0 Å². The third-order valence-corrected chi connectivity index (χ3v) is 3.18. The lowest BCUT2D eigenvalue weighted by atomic mass is 10.1. The summed E-state index contributed by atoms with van der Waals surface area (Å²) in [5, 5.41) is 2.87. The largest absolute Gasteiger partial charge is 0.377 e. The number of carbonyl (C=O) groups excluding carboxylic acids is 1. The van der Waals surface area contributed by atoms with E-state index in [2.05, 4.69) is 5.32 Å². The Balaban J connectivity index is 2.09. The summed E-state index contributed by atoms with van der Waals surface area (Å²) in [6, 6.07) is 16.2. The number of carbonyl (C=O) groups is 1. The number of hydrogen-bond acceptors (Lipinski definition) is 3. The van der Waals surface area contributed by atoms with Gasteiger partial charge in [-0.2, -0.15) is 0 Å². The van der Waals surface area contributed by atoms with Crippen molar-refractivity contribution in [2.24, 2.45) is 5.73 Å². The monoisotopic (exact) mass is 284 g/mol.